The van der Waals surface area contributed by atoms with Gasteiger partial charge in [-0.2, -0.15) is 0 Å². The van der Waals surface area contributed by atoms with Crippen LogP contribution in [0, 0.1) is 5.92 Å². The van der Waals surface area contributed by atoms with Gasteiger partial charge in [-0.3, -0.25) is 0 Å². The SMILES string of the molecule is CC(N)(O)CC1CCC(c2ccc(OCc3ccccc3)cc2)CC1. The molecule has 2 aromatic rings. The standard InChI is InChI=1S/C22H29NO2/c1-22(23,24)15-17-7-9-19(10-8-17)20-11-13-21(14-12-20)25-16-18-5-3-2-4-6-18/h2-6,11-14,17,19,24H,7-10,15-16,23H2,1H3. The van der Waals surface area contributed by atoms with Crippen LogP contribution in [0.4, 0.5) is 0 Å². The fourth-order valence-electron chi connectivity index (χ4n) is 3.86. The summed E-state index contributed by atoms with van der Waals surface area (Å²) in [6.07, 6.45) is 5.33. The second-order valence-electron chi connectivity index (χ2n) is 7.62. The van der Waals surface area contributed by atoms with E-state index in [0.29, 0.717) is 24.9 Å². The van der Waals surface area contributed by atoms with Crippen molar-refractivity contribution in [2.45, 2.75) is 57.3 Å². The molecule has 0 spiro atoms. The van der Waals surface area contributed by atoms with Gasteiger partial charge >= 0.3 is 0 Å². The van der Waals surface area contributed by atoms with Crippen molar-refractivity contribution in [2.75, 3.05) is 0 Å². The minimum atomic E-state index is -1.03. The number of nitrogens with two attached hydrogens (primary N) is 1. The van der Waals surface area contributed by atoms with Crippen LogP contribution in [0.3, 0.4) is 0 Å². The Labute approximate surface area is 150 Å². The van der Waals surface area contributed by atoms with Crippen LogP contribution in [0.1, 0.15) is 56.1 Å². The Kier molecular flexibility index (Phi) is 5.77. The Morgan fingerprint density at radius 2 is 1.64 bits per heavy atom. The number of ether oxygens (including phenoxy) is 1. The summed E-state index contributed by atoms with van der Waals surface area (Å²) in [6.45, 7) is 2.30. The maximum absolute atomic E-state index is 9.78. The zero-order valence-corrected chi connectivity index (χ0v) is 15.0. The molecule has 3 rings (SSSR count). The summed E-state index contributed by atoms with van der Waals surface area (Å²) in [5.74, 6) is 2.08. The fraction of sp³-hybridized carbons (Fsp3) is 0.455. The van der Waals surface area contributed by atoms with E-state index in [0.717, 1.165) is 18.6 Å². The van der Waals surface area contributed by atoms with Crippen molar-refractivity contribution in [1.82, 2.24) is 0 Å². The van der Waals surface area contributed by atoms with Gasteiger partial charge < -0.3 is 15.6 Å². The number of hydrogen-bond acceptors (Lipinski definition) is 3. The minimum absolute atomic E-state index is 0.546. The molecule has 3 heteroatoms. The molecule has 1 saturated carbocycles. The van der Waals surface area contributed by atoms with Crippen molar-refractivity contribution in [2.24, 2.45) is 11.7 Å². The summed E-state index contributed by atoms with van der Waals surface area (Å²) in [4.78, 5) is 0. The quantitative estimate of drug-likeness (QED) is 0.756. The molecule has 25 heavy (non-hydrogen) atoms. The van der Waals surface area contributed by atoms with Gasteiger partial charge in [-0.05, 0) is 74.1 Å². The summed E-state index contributed by atoms with van der Waals surface area (Å²) in [7, 11) is 0. The van der Waals surface area contributed by atoms with E-state index in [2.05, 4.69) is 36.4 Å². The molecule has 3 N–H and O–H groups in total. The van der Waals surface area contributed by atoms with E-state index in [9.17, 15) is 5.11 Å². The Balaban J connectivity index is 1.49. The third-order valence-electron chi connectivity index (χ3n) is 5.15. The van der Waals surface area contributed by atoms with Crippen LogP contribution in [0.25, 0.3) is 0 Å². The van der Waals surface area contributed by atoms with Crippen molar-refractivity contribution >= 4 is 0 Å². The first-order chi connectivity index (χ1) is 12.0. The molecule has 1 atom stereocenters. The first-order valence-electron chi connectivity index (χ1n) is 9.27. The predicted octanol–water partition coefficient (Wildman–Crippen LogP) is 4.60. The second-order valence-corrected chi connectivity index (χ2v) is 7.62. The third kappa shape index (κ3) is 5.58. The number of aliphatic hydroxyl groups is 1. The molecule has 1 aliphatic carbocycles. The molecule has 0 saturated heterocycles. The molecule has 0 radical (unpaired) electrons. The molecule has 2 aromatic carbocycles. The molecule has 0 aromatic heterocycles. The molecule has 0 bridgehead atoms. The van der Waals surface area contributed by atoms with E-state index in [4.69, 9.17) is 10.5 Å². The van der Waals surface area contributed by atoms with Gasteiger partial charge in [0.25, 0.3) is 0 Å². The second kappa shape index (κ2) is 8.03. The predicted molar refractivity (Wildman–Crippen MR) is 101 cm³/mol. The lowest BCUT2D eigenvalue weighted by atomic mass is 9.76. The molecule has 134 valence electrons. The van der Waals surface area contributed by atoms with Gasteiger partial charge in [-0.1, -0.05) is 42.5 Å². The van der Waals surface area contributed by atoms with E-state index in [1.165, 1.54) is 24.0 Å². The van der Waals surface area contributed by atoms with Crippen molar-refractivity contribution in [3.8, 4) is 5.75 Å². The maximum atomic E-state index is 9.78. The normalized spacial score (nSPS) is 23.0. The topological polar surface area (TPSA) is 55.5 Å². The highest BCUT2D eigenvalue weighted by atomic mass is 16.5. The van der Waals surface area contributed by atoms with Crippen molar-refractivity contribution in [3.63, 3.8) is 0 Å². The lowest BCUT2D eigenvalue weighted by Crippen LogP contribution is -2.38. The zero-order valence-electron chi connectivity index (χ0n) is 15.0. The van der Waals surface area contributed by atoms with Crippen LogP contribution in [-0.4, -0.2) is 10.8 Å². The molecule has 1 unspecified atom stereocenters. The van der Waals surface area contributed by atoms with Gasteiger partial charge in [-0.15, -0.1) is 0 Å². The fourth-order valence-corrected chi connectivity index (χ4v) is 3.86. The highest BCUT2D eigenvalue weighted by Gasteiger charge is 2.26. The monoisotopic (exact) mass is 339 g/mol. The molecule has 0 aliphatic heterocycles. The Bertz CT molecular complexity index is 638. The van der Waals surface area contributed by atoms with Crippen molar-refractivity contribution in [3.05, 3.63) is 65.7 Å². The lowest BCUT2D eigenvalue weighted by Gasteiger charge is -2.32. The molecule has 1 fully saturated rings. The van der Waals surface area contributed by atoms with Crippen LogP contribution in [0.5, 0.6) is 5.75 Å². The van der Waals surface area contributed by atoms with Gasteiger partial charge in [0.1, 0.15) is 18.1 Å². The molecular formula is C22H29NO2. The Morgan fingerprint density at radius 1 is 1.00 bits per heavy atom. The maximum Gasteiger partial charge on any atom is 0.119 e. The average Bonchev–Trinajstić information content (AvgIpc) is 2.61. The largest absolute Gasteiger partial charge is 0.489 e. The van der Waals surface area contributed by atoms with Crippen LogP contribution in [0.15, 0.2) is 54.6 Å². The first-order valence-corrected chi connectivity index (χ1v) is 9.27. The Hall–Kier alpha value is -1.84. The van der Waals surface area contributed by atoms with E-state index in [1.54, 1.807) is 6.92 Å². The van der Waals surface area contributed by atoms with Crippen LogP contribution in [0.2, 0.25) is 0 Å². The van der Waals surface area contributed by atoms with E-state index in [1.807, 2.05) is 18.2 Å². The minimum Gasteiger partial charge on any atom is -0.489 e. The van der Waals surface area contributed by atoms with Gasteiger partial charge in [0, 0.05) is 0 Å². The van der Waals surface area contributed by atoms with Crippen LogP contribution in [-0.2, 0) is 6.61 Å². The highest BCUT2D eigenvalue weighted by Crippen LogP contribution is 2.38. The molecule has 0 heterocycles. The molecule has 0 amide bonds. The average molecular weight is 339 g/mol. The van der Waals surface area contributed by atoms with Crippen molar-refractivity contribution in [1.29, 1.82) is 0 Å². The summed E-state index contributed by atoms with van der Waals surface area (Å²) in [6, 6.07) is 18.8. The zero-order chi connectivity index (χ0) is 17.7. The number of hydrogen-bond donors (Lipinski definition) is 2. The molecular weight excluding hydrogens is 310 g/mol. The summed E-state index contributed by atoms with van der Waals surface area (Å²) in [5, 5.41) is 9.78. The first kappa shape index (κ1) is 18.0. The lowest BCUT2D eigenvalue weighted by molar-refractivity contribution is 0.0327. The van der Waals surface area contributed by atoms with Crippen LogP contribution >= 0.6 is 0 Å². The summed E-state index contributed by atoms with van der Waals surface area (Å²) >= 11 is 0. The van der Waals surface area contributed by atoms with Gasteiger partial charge in [0.2, 0.25) is 0 Å². The molecule has 3 nitrogen and oxygen atoms in total. The van der Waals surface area contributed by atoms with E-state index < -0.39 is 5.72 Å². The smallest absolute Gasteiger partial charge is 0.119 e. The number of rotatable bonds is 6. The molecule has 1 aliphatic rings. The van der Waals surface area contributed by atoms with Crippen LogP contribution < -0.4 is 10.5 Å². The van der Waals surface area contributed by atoms with Crippen molar-refractivity contribution < 1.29 is 9.84 Å². The van der Waals surface area contributed by atoms with Gasteiger partial charge in [-0.25, -0.2) is 0 Å². The third-order valence-corrected chi connectivity index (χ3v) is 5.15. The number of benzene rings is 2. The summed E-state index contributed by atoms with van der Waals surface area (Å²) in [5.41, 5.74) is 7.28. The van der Waals surface area contributed by atoms with Gasteiger partial charge in [0.15, 0.2) is 0 Å². The van der Waals surface area contributed by atoms with E-state index >= 15 is 0 Å². The van der Waals surface area contributed by atoms with Gasteiger partial charge in [0.05, 0.1) is 0 Å². The Morgan fingerprint density at radius 3 is 2.24 bits per heavy atom. The van der Waals surface area contributed by atoms with E-state index in [-0.39, 0.29) is 0 Å². The summed E-state index contributed by atoms with van der Waals surface area (Å²) < 4.78 is 5.86. The highest BCUT2D eigenvalue weighted by molar-refractivity contribution is 5.30.